The van der Waals surface area contributed by atoms with Crippen molar-refractivity contribution in [1.29, 1.82) is 0 Å². The number of carbonyl (C=O) groups excluding carboxylic acids is 4. The van der Waals surface area contributed by atoms with Gasteiger partial charge in [0, 0.05) is 25.7 Å². The van der Waals surface area contributed by atoms with Gasteiger partial charge in [-0.3, -0.25) is 37.3 Å². The van der Waals surface area contributed by atoms with Crippen LogP contribution in [0.5, 0.6) is 0 Å². The Balaban J connectivity index is 5.22. The number of aliphatic hydroxyl groups is 1. The van der Waals surface area contributed by atoms with Gasteiger partial charge in [-0.2, -0.15) is 0 Å². The first-order chi connectivity index (χ1) is 40.4. The van der Waals surface area contributed by atoms with E-state index in [-0.39, 0.29) is 25.7 Å². The van der Waals surface area contributed by atoms with Crippen LogP contribution in [0.1, 0.15) is 324 Å². The second-order valence-corrected chi connectivity index (χ2v) is 27.4. The van der Waals surface area contributed by atoms with E-state index in [0.717, 1.165) is 108 Å². The van der Waals surface area contributed by atoms with Gasteiger partial charge in [-0.05, 0) is 37.5 Å². The highest BCUT2D eigenvalue weighted by atomic mass is 31.2. The second kappa shape index (κ2) is 57.5. The zero-order valence-corrected chi connectivity index (χ0v) is 56.0. The van der Waals surface area contributed by atoms with Gasteiger partial charge < -0.3 is 33.8 Å². The summed E-state index contributed by atoms with van der Waals surface area (Å²) in [4.78, 5) is 72.2. The van der Waals surface area contributed by atoms with Gasteiger partial charge in [-0.15, -0.1) is 0 Å². The summed E-state index contributed by atoms with van der Waals surface area (Å²) >= 11 is 0. The summed E-state index contributed by atoms with van der Waals surface area (Å²) in [6.45, 7) is 9.46. The lowest BCUT2D eigenvalue weighted by atomic mass is 10.0. The quantitative estimate of drug-likeness (QED) is 0.0222. The summed E-state index contributed by atoms with van der Waals surface area (Å²) in [6, 6.07) is 0. The van der Waals surface area contributed by atoms with Gasteiger partial charge in [0.05, 0.1) is 26.4 Å². The maximum atomic E-state index is 13.0. The first-order valence-electron chi connectivity index (χ1n) is 34.0. The molecule has 17 nitrogen and oxygen atoms in total. The van der Waals surface area contributed by atoms with Crippen LogP contribution in [0.2, 0.25) is 0 Å². The fourth-order valence-electron chi connectivity index (χ4n) is 9.71. The lowest BCUT2D eigenvalue weighted by molar-refractivity contribution is -0.161. The van der Waals surface area contributed by atoms with Crippen LogP contribution < -0.4 is 0 Å². The lowest BCUT2D eigenvalue weighted by Gasteiger charge is -2.21. The molecule has 498 valence electrons. The summed E-state index contributed by atoms with van der Waals surface area (Å²) in [6.07, 6.45) is 40.3. The molecule has 0 rings (SSSR count). The maximum Gasteiger partial charge on any atom is 0.472 e. The Bertz CT molecular complexity index is 1650. The van der Waals surface area contributed by atoms with E-state index in [1.165, 1.54) is 135 Å². The Hall–Kier alpha value is -1.94. The Labute approximate surface area is 511 Å². The number of unbranched alkanes of at least 4 members (excludes halogenated alkanes) is 34. The largest absolute Gasteiger partial charge is 0.472 e. The van der Waals surface area contributed by atoms with Gasteiger partial charge in [-0.1, -0.05) is 273 Å². The van der Waals surface area contributed by atoms with Gasteiger partial charge in [0.1, 0.15) is 19.3 Å². The van der Waals surface area contributed by atoms with E-state index in [9.17, 15) is 43.2 Å². The molecule has 0 aliphatic heterocycles. The Morgan fingerprint density at radius 3 is 0.810 bits per heavy atom. The van der Waals surface area contributed by atoms with Crippen molar-refractivity contribution in [3.05, 3.63) is 0 Å². The summed E-state index contributed by atoms with van der Waals surface area (Å²) < 4.78 is 68.0. The van der Waals surface area contributed by atoms with E-state index in [1.807, 2.05) is 0 Å². The molecule has 0 fully saturated rings. The molecule has 0 saturated heterocycles. The van der Waals surface area contributed by atoms with Gasteiger partial charge in [0.2, 0.25) is 0 Å². The number of ether oxygens (including phenoxy) is 4. The molecule has 0 aromatic heterocycles. The highest BCUT2D eigenvalue weighted by Gasteiger charge is 2.30. The number of hydrogen-bond donors (Lipinski definition) is 3. The van der Waals surface area contributed by atoms with Crippen LogP contribution in [0, 0.1) is 11.8 Å². The number of esters is 4. The van der Waals surface area contributed by atoms with Gasteiger partial charge in [0.25, 0.3) is 0 Å². The zero-order valence-electron chi connectivity index (χ0n) is 54.2. The SMILES string of the molecule is CCCCCCCCCCCC(=O)O[C@H](COC(=O)CCCCCCCCCC)COP(=O)(O)OC[C@H](O)COP(=O)(O)OC[C@@H](COC(=O)CCCCCCCCCCCC(C)C)OC(=O)CCCCCCCCCCCCCCC(C)C. The third kappa shape index (κ3) is 59.0. The van der Waals surface area contributed by atoms with Crippen molar-refractivity contribution < 1.29 is 80.2 Å². The topological polar surface area (TPSA) is 237 Å². The van der Waals surface area contributed by atoms with Crippen LogP contribution in [0.25, 0.3) is 0 Å². The molecule has 5 atom stereocenters. The van der Waals surface area contributed by atoms with Crippen LogP contribution in [-0.2, 0) is 65.4 Å². The van der Waals surface area contributed by atoms with Gasteiger partial charge >= 0.3 is 39.5 Å². The maximum absolute atomic E-state index is 13.0. The Morgan fingerprint density at radius 1 is 0.321 bits per heavy atom. The number of rotatable bonds is 64. The van der Waals surface area contributed by atoms with Crippen molar-refractivity contribution in [2.45, 2.75) is 342 Å². The van der Waals surface area contributed by atoms with Crippen LogP contribution in [0.4, 0.5) is 0 Å². The third-order valence-corrected chi connectivity index (χ3v) is 16.9. The van der Waals surface area contributed by atoms with Gasteiger partial charge in [0.15, 0.2) is 12.2 Å². The molecular formula is C65H126O17P2. The van der Waals surface area contributed by atoms with E-state index in [1.54, 1.807) is 0 Å². The molecule has 0 heterocycles. The number of phosphoric ester groups is 2. The van der Waals surface area contributed by atoms with Crippen molar-refractivity contribution >= 4 is 39.5 Å². The predicted molar refractivity (Wildman–Crippen MR) is 335 cm³/mol. The molecule has 84 heavy (non-hydrogen) atoms. The third-order valence-electron chi connectivity index (χ3n) is 15.0. The number of hydrogen-bond acceptors (Lipinski definition) is 15. The van der Waals surface area contributed by atoms with Crippen LogP contribution >= 0.6 is 15.6 Å². The molecule has 0 aliphatic rings. The van der Waals surface area contributed by atoms with Crippen molar-refractivity contribution in [2.75, 3.05) is 39.6 Å². The fourth-order valence-corrected chi connectivity index (χ4v) is 11.3. The molecule has 0 radical (unpaired) electrons. The molecule has 19 heteroatoms. The molecule has 0 aromatic carbocycles. The molecule has 0 bridgehead atoms. The molecule has 2 unspecified atom stereocenters. The Kier molecular flexibility index (Phi) is 56.2. The van der Waals surface area contributed by atoms with Crippen molar-refractivity contribution in [3.63, 3.8) is 0 Å². The van der Waals surface area contributed by atoms with Crippen LogP contribution in [0.3, 0.4) is 0 Å². The predicted octanol–water partition coefficient (Wildman–Crippen LogP) is 18.0. The standard InChI is InChI=1S/C65H126O17P2/c1-7-9-11-13-15-22-31-37-43-49-64(69)81-60(53-75-62(67)47-41-35-29-16-14-12-10-8-2)55-79-83(71,72)77-51-59(66)52-78-84(73,74)80-56-61(54-76-63(68)48-42-36-30-26-21-24-28-34-40-46-58(5)6)82-65(70)50-44-38-32-25-20-18-17-19-23-27-33-39-45-57(3)4/h57-61,66H,7-56H2,1-6H3,(H,71,72)(H,73,74)/t59-,60+,61+/m0/s1. The van der Waals surface area contributed by atoms with Crippen molar-refractivity contribution in [3.8, 4) is 0 Å². The average molecular weight is 1240 g/mol. The first kappa shape index (κ1) is 82.1. The normalized spacial score (nSPS) is 14.3. The van der Waals surface area contributed by atoms with E-state index < -0.39 is 97.5 Å². The molecule has 0 aromatic rings. The molecule has 3 N–H and O–H groups in total. The summed E-state index contributed by atoms with van der Waals surface area (Å²) in [5.41, 5.74) is 0. The highest BCUT2D eigenvalue weighted by Crippen LogP contribution is 2.45. The van der Waals surface area contributed by atoms with Crippen LogP contribution in [-0.4, -0.2) is 96.7 Å². The highest BCUT2D eigenvalue weighted by molar-refractivity contribution is 7.47. The molecule has 0 spiro atoms. The smallest absolute Gasteiger partial charge is 0.462 e. The van der Waals surface area contributed by atoms with E-state index in [2.05, 4.69) is 41.5 Å². The van der Waals surface area contributed by atoms with Gasteiger partial charge in [-0.25, -0.2) is 9.13 Å². The van der Waals surface area contributed by atoms with E-state index in [4.69, 9.17) is 37.0 Å². The van der Waals surface area contributed by atoms with E-state index in [0.29, 0.717) is 25.7 Å². The molecular weight excluding hydrogens is 1110 g/mol. The minimum atomic E-state index is -4.95. The summed E-state index contributed by atoms with van der Waals surface area (Å²) in [7, 11) is -9.88. The van der Waals surface area contributed by atoms with Crippen molar-refractivity contribution in [1.82, 2.24) is 0 Å². The fraction of sp³-hybridized carbons (Fsp3) is 0.938. The molecule has 0 saturated carbocycles. The van der Waals surface area contributed by atoms with E-state index >= 15 is 0 Å². The summed E-state index contributed by atoms with van der Waals surface area (Å²) in [5, 5.41) is 10.5. The number of carbonyl (C=O) groups is 4. The Morgan fingerprint density at radius 2 is 0.548 bits per heavy atom. The van der Waals surface area contributed by atoms with Crippen LogP contribution in [0.15, 0.2) is 0 Å². The first-order valence-corrected chi connectivity index (χ1v) is 37.0. The average Bonchev–Trinajstić information content (AvgIpc) is 3.65. The number of phosphoric acid groups is 2. The zero-order chi connectivity index (χ0) is 62.2. The molecule has 0 amide bonds. The minimum Gasteiger partial charge on any atom is -0.462 e. The van der Waals surface area contributed by atoms with Crippen molar-refractivity contribution in [2.24, 2.45) is 11.8 Å². The number of aliphatic hydroxyl groups excluding tert-OH is 1. The second-order valence-electron chi connectivity index (χ2n) is 24.5. The lowest BCUT2D eigenvalue weighted by Crippen LogP contribution is -2.30. The minimum absolute atomic E-state index is 0.105. The monoisotopic (exact) mass is 1240 g/mol. The summed E-state index contributed by atoms with van der Waals surface area (Å²) in [5.74, 6) is -0.614. The molecule has 0 aliphatic carbocycles.